The van der Waals surface area contributed by atoms with Gasteiger partial charge >= 0.3 is 0 Å². The van der Waals surface area contributed by atoms with Crippen LogP contribution in [0.25, 0.3) is 0 Å². The first kappa shape index (κ1) is 15.8. The highest BCUT2D eigenvalue weighted by molar-refractivity contribution is 6.14. The first-order chi connectivity index (χ1) is 11.7. The van der Waals surface area contributed by atoms with Crippen molar-refractivity contribution in [3.05, 3.63) is 29.3 Å². The molecule has 0 aromatic heterocycles. The van der Waals surface area contributed by atoms with Gasteiger partial charge in [0.2, 0.25) is 0 Å². The Bertz CT molecular complexity index is 661. The molecule has 1 heterocycles. The molecule has 2 N–H and O–H groups in total. The maximum Gasteiger partial charge on any atom is 0.151 e. The largest absolute Gasteiger partial charge is 0.412 e. The quantitative estimate of drug-likeness (QED) is 0.663. The molecule has 3 unspecified atom stereocenters. The topological polar surface area (TPSA) is 78.6 Å². The Kier molecular flexibility index (Phi) is 4.14. The molecule has 3 aliphatic rings. The summed E-state index contributed by atoms with van der Waals surface area (Å²) in [5.41, 5.74) is 1.94. The lowest BCUT2D eigenvalue weighted by molar-refractivity contribution is -0.125. The minimum Gasteiger partial charge on any atom is -0.412 e. The molecule has 0 spiro atoms. The number of ketones is 2. The molecule has 3 fully saturated rings. The molecule has 0 radical (unpaired) electrons. The molecule has 2 saturated carbocycles. The summed E-state index contributed by atoms with van der Waals surface area (Å²) in [5.74, 6) is 5.97. The number of nitrogens with two attached hydrogens (primary N) is 1. The number of hydrogen-bond acceptors (Lipinski definition) is 5. The zero-order chi connectivity index (χ0) is 16.7. The van der Waals surface area contributed by atoms with E-state index < -0.39 is 5.92 Å². The third-order valence-corrected chi connectivity index (χ3v) is 5.62. The first-order valence-electron chi connectivity index (χ1n) is 8.82. The van der Waals surface area contributed by atoms with Gasteiger partial charge in [0.05, 0.1) is 0 Å². The molecule has 0 bridgehead atoms. The van der Waals surface area contributed by atoms with Crippen LogP contribution in [-0.2, 0) is 14.3 Å². The number of benzene rings is 1. The van der Waals surface area contributed by atoms with Crippen LogP contribution in [0.1, 0.15) is 55.1 Å². The van der Waals surface area contributed by atoms with Crippen molar-refractivity contribution < 1.29 is 19.2 Å². The predicted molar refractivity (Wildman–Crippen MR) is 87.6 cm³/mol. The molecule has 1 saturated heterocycles. The van der Waals surface area contributed by atoms with E-state index in [4.69, 9.17) is 15.5 Å². The molecule has 1 aliphatic heterocycles. The first-order valence-corrected chi connectivity index (χ1v) is 8.82. The van der Waals surface area contributed by atoms with Crippen LogP contribution in [0.5, 0.6) is 5.75 Å². The summed E-state index contributed by atoms with van der Waals surface area (Å²) in [6.45, 7) is 1.48. The van der Waals surface area contributed by atoms with E-state index in [0.29, 0.717) is 30.6 Å². The van der Waals surface area contributed by atoms with Crippen molar-refractivity contribution in [1.29, 1.82) is 0 Å². The SMILES string of the molecule is NOc1ccc(C2CC2)c(C2C(=O)CC(CC3CCOC3)C2=O)c1. The van der Waals surface area contributed by atoms with Crippen LogP contribution in [0.4, 0.5) is 0 Å². The monoisotopic (exact) mass is 329 g/mol. The summed E-state index contributed by atoms with van der Waals surface area (Å²) in [6.07, 6.45) is 4.36. The number of hydrogen-bond donors (Lipinski definition) is 1. The Hall–Kier alpha value is -1.72. The molecule has 3 atom stereocenters. The summed E-state index contributed by atoms with van der Waals surface area (Å²) in [7, 11) is 0. The zero-order valence-electron chi connectivity index (χ0n) is 13.7. The van der Waals surface area contributed by atoms with Gasteiger partial charge < -0.3 is 9.57 Å². The standard InChI is InChI=1S/C19H23NO4/c20-24-14-3-4-15(12-1-2-12)16(9-14)18-17(21)8-13(19(18)22)7-11-5-6-23-10-11/h3-4,9,11-13,18H,1-2,5-8,10,20H2. The van der Waals surface area contributed by atoms with Gasteiger partial charge in [-0.25, -0.2) is 0 Å². The van der Waals surface area contributed by atoms with Gasteiger partial charge in [-0.05, 0) is 60.8 Å². The van der Waals surface area contributed by atoms with Gasteiger partial charge in [0, 0.05) is 25.6 Å². The third kappa shape index (κ3) is 2.87. The van der Waals surface area contributed by atoms with Crippen LogP contribution < -0.4 is 10.7 Å². The summed E-state index contributed by atoms with van der Waals surface area (Å²) < 4.78 is 5.40. The minimum atomic E-state index is -0.636. The lowest BCUT2D eigenvalue weighted by atomic mass is 9.86. The predicted octanol–water partition coefficient (Wildman–Crippen LogP) is 2.48. The maximum atomic E-state index is 13.0. The Balaban J connectivity index is 1.61. The van der Waals surface area contributed by atoms with Gasteiger partial charge in [-0.1, -0.05) is 6.07 Å². The van der Waals surface area contributed by atoms with Gasteiger partial charge in [0.1, 0.15) is 17.5 Å². The van der Waals surface area contributed by atoms with Gasteiger partial charge in [-0.3, -0.25) is 9.59 Å². The van der Waals surface area contributed by atoms with Gasteiger partial charge in [0.25, 0.3) is 0 Å². The third-order valence-electron chi connectivity index (χ3n) is 5.62. The Morgan fingerprint density at radius 3 is 2.67 bits per heavy atom. The number of ether oxygens (including phenoxy) is 1. The van der Waals surface area contributed by atoms with Crippen LogP contribution in [0.15, 0.2) is 18.2 Å². The number of carbonyl (C=O) groups is 2. The van der Waals surface area contributed by atoms with Crippen LogP contribution in [0.3, 0.4) is 0 Å². The van der Waals surface area contributed by atoms with Crippen molar-refractivity contribution in [2.45, 2.75) is 43.9 Å². The Morgan fingerprint density at radius 1 is 1.17 bits per heavy atom. The van der Waals surface area contributed by atoms with E-state index >= 15 is 0 Å². The lowest BCUT2D eigenvalue weighted by Gasteiger charge is -2.16. The van der Waals surface area contributed by atoms with E-state index in [0.717, 1.165) is 43.4 Å². The summed E-state index contributed by atoms with van der Waals surface area (Å²) in [5, 5.41) is 0. The van der Waals surface area contributed by atoms with E-state index in [-0.39, 0.29) is 17.5 Å². The van der Waals surface area contributed by atoms with Crippen LogP contribution in [0, 0.1) is 11.8 Å². The van der Waals surface area contributed by atoms with E-state index in [9.17, 15) is 9.59 Å². The average Bonchev–Trinajstić information content (AvgIpc) is 3.23. The van der Waals surface area contributed by atoms with Crippen molar-refractivity contribution in [3.63, 3.8) is 0 Å². The molecule has 1 aromatic rings. The van der Waals surface area contributed by atoms with Gasteiger partial charge in [-0.15, -0.1) is 0 Å². The fourth-order valence-corrected chi connectivity index (χ4v) is 4.20. The molecule has 2 aliphatic carbocycles. The fourth-order valence-electron chi connectivity index (χ4n) is 4.20. The smallest absolute Gasteiger partial charge is 0.151 e. The summed E-state index contributed by atoms with van der Waals surface area (Å²) >= 11 is 0. The highest BCUT2D eigenvalue weighted by Gasteiger charge is 2.45. The molecule has 1 aromatic carbocycles. The molecule has 5 nitrogen and oxygen atoms in total. The highest BCUT2D eigenvalue weighted by Crippen LogP contribution is 2.47. The average molecular weight is 329 g/mol. The second kappa shape index (κ2) is 6.30. The second-order valence-electron chi connectivity index (χ2n) is 7.35. The van der Waals surface area contributed by atoms with Crippen molar-refractivity contribution in [3.8, 4) is 5.75 Å². The number of rotatable bonds is 5. The molecule has 5 heteroatoms. The minimum absolute atomic E-state index is 0.0417. The van der Waals surface area contributed by atoms with E-state index in [2.05, 4.69) is 0 Å². The highest BCUT2D eigenvalue weighted by atomic mass is 16.6. The number of Topliss-reactive ketones (excluding diaryl/α,β-unsaturated/α-hetero) is 2. The number of carbonyl (C=O) groups excluding carboxylic acids is 2. The van der Waals surface area contributed by atoms with Crippen LogP contribution >= 0.6 is 0 Å². The van der Waals surface area contributed by atoms with Crippen LogP contribution in [0.2, 0.25) is 0 Å². The van der Waals surface area contributed by atoms with E-state index in [1.165, 1.54) is 0 Å². The molecule has 0 amide bonds. The molecule has 4 rings (SSSR count). The zero-order valence-corrected chi connectivity index (χ0v) is 13.7. The normalized spacial score (nSPS) is 30.1. The van der Waals surface area contributed by atoms with Crippen molar-refractivity contribution >= 4 is 11.6 Å². The van der Waals surface area contributed by atoms with Gasteiger partial charge in [0.15, 0.2) is 5.78 Å². The van der Waals surface area contributed by atoms with Crippen LogP contribution in [-0.4, -0.2) is 24.8 Å². The van der Waals surface area contributed by atoms with Gasteiger partial charge in [-0.2, -0.15) is 5.90 Å². The lowest BCUT2D eigenvalue weighted by Crippen LogP contribution is -2.19. The molecule has 128 valence electrons. The van der Waals surface area contributed by atoms with Crippen molar-refractivity contribution in [2.24, 2.45) is 17.7 Å². The molecular weight excluding hydrogens is 306 g/mol. The summed E-state index contributed by atoms with van der Waals surface area (Å²) in [6, 6.07) is 5.57. The molecule has 24 heavy (non-hydrogen) atoms. The molecular formula is C19H23NO4. The fraction of sp³-hybridized carbons (Fsp3) is 0.579. The van der Waals surface area contributed by atoms with E-state index in [1.807, 2.05) is 12.1 Å². The maximum absolute atomic E-state index is 13.0. The van der Waals surface area contributed by atoms with Crippen molar-refractivity contribution in [2.75, 3.05) is 13.2 Å². The second-order valence-corrected chi connectivity index (χ2v) is 7.35. The van der Waals surface area contributed by atoms with E-state index in [1.54, 1.807) is 6.07 Å². The Labute approximate surface area is 141 Å². The Morgan fingerprint density at radius 2 is 2.00 bits per heavy atom. The van der Waals surface area contributed by atoms with Crippen molar-refractivity contribution in [1.82, 2.24) is 0 Å². The summed E-state index contributed by atoms with van der Waals surface area (Å²) in [4.78, 5) is 30.4.